The quantitative estimate of drug-likeness (QED) is 0.841. The van der Waals surface area contributed by atoms with Crippen LogP contribution in [0.15, 0.2) is 11.7 Å². The molecule has 0 bridgehead atoms. The Hall–Kier alpha value is -1.33. The van der Waals surface area contributed by atoms with E-state index in [0.29, 0.717) is 0 Å². The van der Waals surface area contributed by atoms with Gasteiger partial charge >= 0.3 is 0 Å². The average Bonchev–Trinajstić information content (AvgIpc) is 2.86. The second-order valence-electron chi connectivity index (χ2n) is 4.17. The third-order valence-electron chi connectivity index (χ3n) is 2.88. The molecule has 2 aromatic rings. The molecule has 0 aliphatic heterocycles. The van der Waals surface area contributed by atoms with Gasteiger partial charge in [-0.2, -0.15) is 0 Å². The molecule has 1 N–H and O–H groups in total. The van der Waals surface area contributed by atoms with Gasteiger partial charge in [0.15, 0.2) is 5.82 Å². The summed E-state index contributed by atoms with van der Waals surface area (Å²) in [6.07, 6.45) is 2.80. The van der Waals surface area contributed by atoms with Crippen LogP contribution >= 0.6 is 11.3 Å². The van der Waals surface area contributed by atoms with E-state index in [2.05, 4.69) is 41.0 Å². The summed E-state index contributed by atoms with van der Waals surface area (Å²) in [7, 11) is 0. The summed E-state index contributed by atoms with van der Waals surface area (Å²) in [6.45, 7) is 8.20. The van der Waals surface area contributed by atoms with Gasteiger partial charge < -0.3 is 5.32 Å². The summed E-state index contributed by atoms with van der Waals surface area (Å²) in [5.74, 6) is 0.791. The highest BCUT2D eigenvalue weighted by Crippen LogP contribution is 2.21. The maximum Gasteiger partial charge on any atom is 0.171 e. The first-order valence-electron chi connectivity index (χ1n) is 6.16. The summed E-state index contributed by atoms with van der Waals surface area (Å²) in [5.41, 5.74) is 5.21. The van der Waals surface area contributed by atoms with E-state index in [1.165, 1.54) is 5.56 Å². The molecule has 0 radical (unpaired) electrons. The van der Waals surface area contributed by atoms with E-state index in [4.69, 9.17) is 0 Å². The van der Waals surface area contributed by atoms with E-state index in [0.717, 1.165) is 41.6 Å². The van der Waals surface area contributed by atoms with Crippen molar-refractivity contribution in [1.82, 2.24) is 20.3 Å². The van der Waals surface area contributed by atoms with Gasteiger partial charge in [-0.3, -0.25) is 4.98 Å². The topological polar surface area (TPSA) is 50.7 Å². The fourth-order valence-corrected chi connectivity index (χ4v) is 2.48. The van der Waals surface area contributed by atoms with Gasteiger partial charge in [-0.05, 0) is 38.9 Å². The highest BCUT2D eigenvalue weighted by atomic mass is 32.1. The molecule has 0 aliphatic carbocycles. The molecule has 0 saturated carbocycles. The lowest BCUT2D eigenvalue weighted by molar-refractivity contribution is 0.708. The Bertz CT molecular complexity index is 485. The zero-order valence-electron chi connectivity index (χ0n) is 11.0. The molecule has 2 heterocycles. The maximum atomic E-state index is 4.59. The normalized spacial score (nSPS) is 10.8. The lowest BCUT2D eigenvalue weighted by Gasteiger charge is -2.10. The first-order valence-corrected chi connectivity index (χ1v) is 7.04. The number of hydrogen-bond donors (Lipinski definition) is 1. The Morgan fingerprint density at radius 1 is 1.22 bits per heavy atom. The van der Waals surface area contributed by atoms with Crippen molar-refractivity contribution in [2.75, 3.05) is 13.1 Å². The molecule has 0 saturated heterocycles. The van der Waals surface area contributed by atoms with E-state index < -0.39 is 0 Å². The molecule has 4 nitrogen and oxygen atoms in total. The van der Waals surface area contributed by atoms with E-state index in [1.807, 2.05) is 11.7 Å². The number of aromatic nitrogens is 3. The minimum Gasteiger partial charge on any atom is -0.317 e. The number of thiazole rings is 1. The van der Waals surface area contributed by atoms with Crippen LogP contribution in [-0.2, 0) is 6.42 Å². The van der Waals surface area contributed by atoms with Crippen molar-refractivity contribution in [2.24, 2.45) is 0 Å². The van der Waals surface area contributed by atoms with Gasteiger partial charge in [0.05, 0.1) is 10.4 Å². The summed E-state index contributed by atoms with van der Waals surface area (Å²) >= 11 is 1.57. The van der Waals surface area contributed by atoms with Crippen molar-refractivity contribution >= 4 is 11.3 Å². The highest BCUT2D eigenvalue weighted by molar-refractivity contribution is 7.13. The lowest BCUT2D eigenvalue weighted by atomic mass is 10.1. The lowest BCUT2D eigenvalue weighted by Crippen LogP contribution is -2.17. The van der Waals surface area contributed by atoms with Crippen molar-refractivity contribution in [1.29, 1.82) is 0 Å². The second kappa shape index (κ2) is 6.02. The van der Waals surface area contributed by atoms with Crippen LogP contribution in [0, 0.1) is 13.8 Å². The maximum absolute atomic E-state index is 4.59. The molecular formula is C13H18N4S. The van der Waals surface area contributed by atoms with E-state index in [-0.39, 0.29) is 0 Å². The molecule has 5 heteroatoms. The van der Waals surface area contributed by atoms with Crippen LogP contribution in [0.25, 0.3) is 10.7 Å². The van der Waals surface area contributed by atoms with Gasteiger partial charge in [0, 0.05) is 17.6 Å². The van der Waals surface area contributed by atoms with Gasteiger partial charge in [-0.25, -0.2) is 9.97 Å². The zero-order chi connectivity index (χ0) is 13.0. The first-order chi connectivity index (χ1) is 8.72. The Labute approximate surface area is 112 Å². The van der Waals surface area contributed by atoms with Crippen molar-refractivity contribution in [3.05, 3.63) is 28.7 Å². The van der Waals surface area contributed by atoms with Gasteiger partial charge in [-0.15, -0.1) is 11.3 Å². The number of likely N-dealkylation sites (N-methyl/N-ethyl adjacent to an activating group) is 1. The van der Waals surface area contributed by atoms with Crippen molar-refractivity contribution in [2.45, 2.75) is 27.2 Å². The van der Waals surface area contributed by atoms with E-state index in [9.17, 15) is 0 Å². The van der Waals surface area contributed by atoms with Crippen LogP contribution < -0.4 is 5.32 Å². The number of aryl methyl sites for hydroxylation is 2. The predicted octanol–water partition coefficient (Wildman–Crippen LogP) is 2.37. The fraction of sp³-hybridized carbons (Fsp3) is 0.462. The number of nitrogens with one attached hydrogen (secondary N) is 1. The van der Waals surface area contributed by atoms with E-state index in [1.54, 1.807) is 11.3 Å². The van der Waals surface area contributed by atoms with Crippen LogP contribution in [0.3, 0.4) is 0 Å². The number of nitrogens with zero attached hydrogens (tertiary/aromatic N) is 3. The van der Waals surface area contributed by atoms with Crippen LogP contribution in [-0.4, -0.2) is 28.0 Å². The zero-order valence-corrected chi connectivity index (χ0v) is 11.8. The molecule has 0 unspecified atom stereocenters. The largest absolute Gasteiger partial charge is 0.317 e. The van der Waals surface area contributed by atoms with Crippen molar-refractivity contribution in [3.8, 4) is 10.7 Å². The highest BCUT2D eigenvalue weighted by Gasteiger charge is 2.10. The molecule has 0 spiro atoms. The number of hydrogen-bond acceptors (Lipinski definition) is 5. The summed E-state index contributed by atoms with van der Waals surface area (Å²) in [4.78, 5) is 14.3. The van der Waals surface area contributed by atoms with Gasteiger partial charge in [0.2, 0.25) is 0 Å². The molecule has 96 valence electrons. The van der Waals surface area contributed by atoms with Crippen LogP contribution in [0.5, 0.6) is 0 Å². The summed E-state index contributed by atoms with van der Waals surface area (Å²) in [5, 5.41) is 3.33. The predicted molar refractivity (Wildman–Crippen MR) is 74.9 cm³/mol. The minimum atomic E-state index is 0.791. The van der Waals surface area contributed by atoms with Crippen LogP contribution in [0.2, 0.25) is 0 Å². The van der Waals surface area contributed by atoms with Gasteiger partial charge in [0.1, 0.15) is 0 Å². The fourth-order valence-electron chi connectivity index (χ4n) is 1.93. The molecule has 0 fully saturated rings. The number of rotatable bonds is 5. The second-order valence-corrected chi connectivity index (χ2v) is 5.05. The molecule has 0 aromatic carbocycles. The summed E-state index contributed by atoms with van der Waals surface area (Å²) < 4.78 is 0. The Morgan fingerprint density at radius 3 is 2.50 bits per heavy atom. The standard InChI is InChI=1S/C13H18N4S/c1-4-14-6-5-11-9(2)16-13(17-10(11)3)12-7-15-8-18-12/h7-8,14H,4-6H2,1-3H3. The molecule has 2 aromatic heterocycles. The first kappa shape index (κ1) is 13.1. The Balaban J connectivity index is 2.24. The van der Waals surface area contributed by atoms with Crippen molar-refractivity contribution in [3.63, 3.8) is 0 Å². The molecule has 0 aliphatic rings. The van der Waals surface area contributed by atoms with Gasteiger partial charge in [-0.1, -0.05) is 6.92 Å². The van der Waals surface area contributed by atoms with Crippen molar-refractivity contribution < 1.29 is 0 Å². The Morgan fingerprint density at radius 2 is 1.94 bits per heavy atom. The third kappa shape index (κ3) is 2.91. The van der Waals surface area contributed by atoms with Gasteiger partial charge in [0.25, 0.3) is 0 Å². The monoisotopic (exact) mass is 262 g/mol. The molecule has 0 atom stereocenters. The Kier molecular flexibility index (Phi) is 4.38. The molecule has 18 heavy (non-hydrogen) atoms. The SMILES string of the molecule is CCNCCc1c(C)nc(-c2cncs2)nc1C. The molecular weight excluding hydrogens is 244 g/mol. The minimum absolute atomic E-state index is 0.791. The molecule has 0 amide bonds. The van der Waals surface area contributed by atoms with E-state index >= 15 is 0 Å². The smallest absolute Gasteiger partial charge is 0.171 e. The van der Waals surface area contributed by atoms with Crippen LogP contribution in [0.1, 0.15) is 23.9 Å². The molecule has 2 rings (SSSR count). The summed E-state index contributed by atoms with van der Waals surface area (Å²) in [6, 6.07) is 0. The van der Waals surface area contributed by atoms with Crippen LogP contribution in [0.4, 0.5) is 0 Å². The average molecular weight is 262 g/mol. The third-order valence-corrected chi connectivity index (χ3v) is 3.64.